The van der Waals surface area contributed by atoms with Gasteiger partial charge in [0.25, 0.3) is 5.91 Å². The summed E-state index contributed by atoms with van der Waals surface area (Å²) in [5, 5.41) is 4.53. The lowest BCUT2D eigenvalue weighted by molar-refractivity contribution is -0.115. The summed E-state index contributed by atoms with van der Waals surface area (Å²) in [7, 11) is 0. The number of thioether (sulfide) groups is 1. The van der Waals surface area contributed by atoms with Crippen LogP contribution in [0.4, 0.5) is 0 Å². The van der Waals surface area contributed by atoms with Crippen molar-refractivity contribution in [2.24, 2.45) is 4.99 Å². The van der Waals surface area contributed by atoms with Gasteiger partial charge < -0.3 is 10.1 Å². The van der Waals surface area contributed by atoms with Crippen LogP contribution in [0.1, 0.15) is 38.2 Å². The zero-order valence-electron chi connectivity index (χ0n) is 14.7. The summed E-state index contributed by atoms with van der Waals surface area (Å²) in [4.78, 5) is 21.8. The van der Waals surface area contributed by atoms with Gasteiger partial charge in [-0.15, -0.1) is 0 Å². The van der Waals surface area contributed by atoms with E-state index < -0.39 is 0 Å². The van der Waals surface area contributed by atoms with Gasteiger partial charge >= 0.3 is 0 Å². The highest BCUT2D eigenvalue weighted by atomic mass is 32.2. The topological polar surface area (TPSA) is 63.6 Å². The molecule has 2 aliphatic rings. The molecule has 4 rings (SSSR count). The Morgan fingerprint density at radius 3 is 3.08 bits per heavy atom. The van der Waals surface area contributed by atoms with E-state index in [1.165, 1.54) is 11.8 Å². The number of pyridine rings is 1. The minimum Gasteiger partial charge on any atom is -0.493 e. The Kier molecular flexibility index (Phi) is 4.93. The summed E-state index contributed by atoms with van der Waals surface area (Å²) < 4.78 is 5.91. The molecule has 0 atom stereocenters. The smallest absolute Gasteiger partial charge is 0.264 e. The average Bonchev–Trinajstić information content (AvgIpc) is 3.39. The van der Waals surface area contributed by atoms with E-state index in [1.54, 1.807) is 6.20 Å². The maximum Gasteiger partial charge on any atom is 0.264 e. The van der Waals surface area contributed by atoms with Crippen LogP contribution in [0.3, 0.4) is 0 Å². The second kappa shape index (κ2) is 7.50. The maximum atomic E-state index is 12.2. The van der Waals surface area contributed by atoms with Crippen LogP contribution in [-0.4, -0.2) is 28.7 Å². The van der Waals surface area contributed by atoms with Gasteiger partial charge in [0, 0.05) is 11.6 Å². The number of amides is 1. The molecule has 1 saturated carbocycles. The van der Waals surface area contributed by atoms with Crippen molar-refractivity contribution in [3.63, 3.8) is 0 Å². The second-order valence-corrected chi connectivity index (χ2v) is 7.55. The van der Waals surface area contributed by atoms with Crippen LogP contribution < -0.4 is 10.1 Å². The molecule has 0 spiro atoms. The van der Waals surface area contributed by atoms with Gasteiger partial charge in [0.2, 0.25) is 0 Å². The summed E-state index contributed by atoms with van der Waals surface area (Å²) in [6.07, 6.45) is 8.03. The first-order valence-corrected chi connectivity index (χ1v) is 9.85. The lowest BCUT2D eigenvalue weighted by Gasteiger charge is -2.09. The van der Waals surface area contributed by atoms with Gasteiger partial charge in [0.05, 0.1) is 23.1 Å². The van der Waals surface area contributed by atoms with Crippen LogP contribution in [0.15, 0.2) is 40.4 Å². The van der Waals surface area contributed by atoms with Crippen molar-refractivity contribution in [2.45, 2.75) is 38.6 Å². The standard InChI is InChI=1S/C20H21N3O2S/c1-2-3-10-25-17-8-9-21-16-7-4-13(11-15(16)17)12-18-19(24)23-20(26-18)22-14-5-6-14/h4,7-9,11-12,14H,2-3,5-6,10H2,1H3,(H,22,23,24)/b18-12-. The zero-order valence-corrected chi connectivity index (χ0v) is 15.5. The SMILES string of the molecule is CCCCOc1ccnc2ccc(/C=C3\SC(=NC4CC4)NC3=O)cc12. The summed E-state index contributed by atoms with van der Waals surface area (Å²) in [5.41, 5.74) is 1.84. The number of ether oxygens (including phenoxy) is 1. The Labute approximate surface area is 156 Å². The summed E-state index contributed by atoms with van der Waals surface area (Å²) in [5.74, 6) is 0.753. The number of carbonyl (C=O) groups is 1. The number of hydrogen-bond donors (Lipinski definition) is 1. The number of benzene rings is 1. The fourth-order valence-corrected chi connectivity index (χ4v) is 3.58. The van der Waals surface area contributed by atoms with Crippen LogP contribution in [0.5, 0.6) is 5.75 Å². The van der Waals surface area contributed by atoms with Crippen LogP contribution in [0.25, 0.3) is 17.0 Å². The molecule has 0 unspecified atom stereocenters. The fourth-order valence-electron chi connectivity index (χ4n) is 2.69. The lowest BCUT2D eigenvalue weighted by atomic mass is 10.1. The van der Waals surface area contributed by atoms with Crippen molar-refractivity contribution in [1.29, 1.82) is 0 Å². The van der Waals surface area contributed by atoms with Crippen LogP contribution >= 0.6 is 11.8 Å². The molecule has 134 valence electrons. The summed E-state index contributed by atoms with van der Waals surface area (Å²) >= 11 is 1.41. The Balaban J connectivity index is 1.60. The van der Waals surface area contributed by atoms with Gasteiger partial charge in [-0.1, -0.05) is 19.4 Å². The number of nitrogens with zero attached hydrogens (tertiary/aromatic N) is 2. The molecule has 1 amide bonds. The molecule has 1 N–H and O–H groups in total. The molecule has 6 heteroatoms. The minimum atomic E-state index is -0.0832. The van der Waals surface area contributed by atoms with Crippen molar-refractivity contribution < 1.29 is 9.53 Å². The van der Waals surface area contributed by atoms with Gasteiger partial charge in [-0.2, -0.15) is 0 Å². The van der Waals surface area contributed by atoms with Crippen LogP contribution in [-0.2, 0) is 4.79 Å². The van der Waals surface area contributed by atoms with Crippen LogP contribution in [0.2, 0.25) is 0 Å². The van der Waals surface area contributed by atoms with Crippen molar-refractivity contribution in [3.8, 4) is 5.75 Å². The number of amidine groups is 1. The number of fused-ring (bicyclic) bond motifs is 1. The van der Waals surface area contributed by atoms with E-state index in [0.717, 1.165) is 53.1 Å². The Hall–Kier alpha value is -2.34. The molecule has 1 aromatic carbocycles. The minimum absolute atomic E-state index is 0.0832. The Morgan fingerprint density at radius 1 is 1.38 bits per heavy atom. The van der Waals surface area contributed by atoms with Crippen molar-refractivity contribution in [3.05, 3.63) is 40.9 Å². The van der Waals surface area contributed by atoms with Crippen LogP contribution in [0, 0.1) is 0 Å². The number of hydrogen-bond acceptors (Lipinski definition) is 5. The maximum absolute atomic E-state index is 12.2. The number of aliphatic imine (C=N–C) groups is 1. The van der Waals surface area contributed by atoms with E-state index in [9.17, 15) is 4.79 Å². The number of nitrogens with one attached hydrogen (secondary N) is 1. The van der Waals surface area contributed by atoms with Gasteiger partial charge in [-0.05, 0) is 60.9 Å². The van der Waals surface area contributed by atoms with Gasteiger partial charge in [0.15, 0.2) is 5.17 Å². The predicted molar refractivity (Wildman–Crippen MR) is 106 cm³/mol. The molecule has 2 fully saturated rings. The first kappa shape index (κ1) is 17.1. The largest absolute Gasteiger partial charge is 0.493 e. The average molecular weight is 367 g/mol. The fraction of sp³-hybridized carbons (Fsp3) is 0.350. The van der Waals surface area contributed by atoms with E-state index in [1.807, 2.05) is 30.3 Å². The first-order chi connectivity index (χ1) is 12.7. The quantitative estimate of drug-likeness (QED) is 0.616. The molecule has 2 heterocycles. The molecule has 1 aromatic heterocycles. The summed E-state index contributed by atoms with van der Waals surface area (Å²) in [6, 6.07) is 8.26. The second-order valence-electron chi connectivity index (χ2n) is 6.52. The molecule has 0 bridgehead atoms. The molecule has 5 nitrogen and oxygen atoms in total. The number of carbonyl (C=O) groups excluding carboxylic acids is 1. The van der Waals surface area contributed by atoms with Gasteiger partial charge in [-0.25, -0.2) is 0 Å². The van der Waals surface area contributed by atoms with Crippen molar-refractivity contribution in [1.82, 2.24) is 10.3 Å². The molecular weight excluding hydrogens is 346 g/mol. The van der Waals surface area contributed by atoms with E-state index in [0.29, 0.717) is 17.6 Å². The molecule has 26 heavy (non-hydrogen) atoms. The number of rotatable bonds is 6. The lowest BCUT2D eigenvalue weighted by Crippen LogP contribution is -2.20. The third kappa shape index (κ3) is 3.90. The molecule has 1 saturated heterocycles. The molecule has 1 aliphatic carbocycles. The Morgan fingerprint density at radius 2 is 2.27 bits per heavy atom. The normalized spacial score (nSPS) is 20.1. The van der Waals surface area contributed by atoms with E-state index in [2.05, 4.69) is 22.2 Å². The molecular formula is C20H21N3O2S. The first-order valence-electron chi connectivity index (χ1n) is 9.03. The molecule has 0 radical (unpaired) electrons. The Bertz CT molecular complexity index is 903. The van der Waals surface area contributed by atoms with Crippen molar-refractivity contribution in [2.75, 3.05) is 6.61 Å². The van der Waals surface area contributed by atoms with Gasteiger partial charge in [-0.3, -0.25) is 14.8 Å². The monoisotopic (exact) mass is 367 g/mol. The van der Waals surface area contributed by atoms with E-state index in [4.69, 9.17) is 4.74 Å². The highest BCUT2D eigenvalue weighted by molar-refractivity contribution is 8.18. The number of aromatic nitrogens is 1. The number of unbranched alkanes of at least 4 members (excludes halogenated alkanes) is 1. The highest BCUT2D eigenvalue weighted by Gasteiger charge is 2.27. The highest BCUT2D eigenvalue weighted by Crippen LogP contribution is 2.32. The van der Waals surface area contributed by atoms with Gasteiger partial charge in [0.1, 0.15) is 5.75 Å². The van der Waals surface area contributed by atoms with E-state index in [-0.39, 0.29) is 5.91 Å². The predicted octanol–water partition coefficient (Wildman–Crippen LogP) is 4.14. The third-order valence-corrected chi connectivity index (χ3v) is 5.20. The summed E-state index contributed by atoms with van der Waals surface area (Å²) in [6.45, 7) is 2.84. The molecule has 1 aliphatic heterocycles. The molecule has 2 aromatic rings. The zero-order chi connectivity index (χ0) is 17.9. The van der Waals surface area contributed by atoms with Crippen molar-refractivity contribution >= 4 is 39.8 Å². The third-order valence-electron chi connectivity index (χ3n) is 4.28. The van der Waals surface area contributed by atoms with E-state index >= 15 is 0 Å².